The maximum absolute atomic E-state index is 5.78. The summed E-state index contributed by atoms with van der Waals surface area (Å²) in [4.78, 5) is 0. The van der Waals surface area contributed by atoms with Crippen molar-refractivity contribution in [2.75, 3.05) is 13.1 Å². The minimum Gasteiger partial charge on any atom is -0.468 e. The topological polar surface area (TPSA) is 51.2 Å². The van der Waals surface area contributed by atoms with E-state index in [9.17, 15) is 0 Å². The molecular weight excluding hydrogens is 200 g/mol. The van der Waals surface area contributed by atoms with Crippen molar-refractivity contribution < 1.29 is 4.42 Å². The van der Waals surface area contributed by atoms with Gasteiger partial charge in [0.1, 0.15) is 5.76 Å². The first-order chi connectivity index (χ1) is 7.51. The number of furan rings is 1. The van der Waals surface area contributed by atoms with Crippen molar-refractivity contribution in [1.29, 1.82) is 0 Å². The van der Waals surface area contributed by atoms with Crippen molar-refractivity contribution in [3.8, 4) is 0 Å². The lowest BCUT2D eigenvalue weighted by Crippen LogP contribution is -2.30. The molecular formula is C13H24N2O. The van der Waals surface area contributed by atoms with Crippen LogP contribution in [0.1, 0.15) is 33.0 Å². The van der Waals surface area contributed by atoms with Gasteiger partial charge in [0.25, 0.3) is 0 Å². The number of nitrogens with one attached hydrogen (secondary N) is 1. The Morgan fingerprint density at radius 1 is 1.44 bits per heavy atom. The normalized spacial score (nSPS) is 14.0. The van der Waals surface area contributed by atoms with Gasteiger partial charge in [0.05, 0.1) is 12.8 Å². The molecule has 0 aliphatic rings. The van der Waals surface area contributed by atoms with Gasteiger partial charge in [0.15, 0.2) is 0 Å². The second kappa shape index (κ2) is 6.06. The van der Waals surface area contributed by atoms with Crippen LogP contribution in [0.3, 0.4) is 0 Å². The number of hydrogen-bond acceptors (Lipinski definition) is 3. The van der Waals surface area contributed by atoms with Crippen LogP contribution < -0.4 is 11.1 Å². The predicted molar refractivity (Wildman–Crippen MR) is 67.0 cm³/mol. The molecule has 0 saturated heterocycles. The van der Waals surface area contributed by atoms with E-state index in [1.165, 1.54) is 0 Å². The Morgan fingerprint density at radius 2 is 2.19 bits per heavy atom. The van der Waals surface area contributed by atoms with Crippen LogP contribution in [0.5, 0.6) is 0 Å². The highest BCUT2D eigenvalue weighted by Gasteiger charge is 2.17. The van der Waals surface area contributed by atoms with Crippen LogP contribution in [-0.2, 0) is 6.54 Å². The molecule has 3 heteroatoms. The van der Waals surface area contributed by atoms with E-state index < -0.39 is 0 Å². The van der Waals surface area contributed by atoms with Gasteiger partial charge in [-0.25, -0.2) is 0 Å². The van der Waals surface area contributed by atoms with Gasteiger partial charge in [-0.05, 0) is 43.0 Å². The summed E-state index contributed by atoms with van der Waals surface area (Å²) in [7, 11) is 0. The average molecular weight is 224 g/mol. The van der Waals surface area contributed by atoms with Crippen molar-refractivity contribution in [2.45, 2.75) is 33.7 Å². The standard InChI is InChI=1S/C13H24N2O/c1-13(2,3)7-11(8-14)9-15-10-12-5-4-6-16-12/h4-6,11,15H,7-10,14H2,1-3H3. The van der Waals surface area contributed by atoms with Gasteiger partial charge in [-0.15, -0.1) is 0 Å². The van der Waals surface area contributed by atoms with Crippen LogP contribution in [0, 0.1) is 11.3 Å². The van der Waals surface area contributed by atoms with Crippen LogP contribution in [0.25, 0.3) is 0 Å². The molecule has 1 unspecified atom stereocenters. The molecule has 1 heterocycles. The maximum atomic E-state index is 5.78. The van der Waals surface area contributed by atoms with Gasteiger partial charge < -0.3 is 15.5 Å². The molecule has 0 spiro atoms. The molecule has 0 amide bonds. The Morgan fingerprint density at radius 3 is 2.69 bits per heavy atom. The Hall–Kier alpha value is -0.800. The third kappa shape index (κ3) is 5.33. The summed E-state index contributed by atoms with van der Waals surface area (Å²) in [5.41, 5.74) is 6.12. The number of nitrogens with two attached hydrogens (primary N) is 1. The Kier molecular flexibility index (Phi) is 5.03. The van der Waals surface area contributed by atoms with Gasteiger partial charge >= 0.3 is 0 Å². The second-order valence-electron chi connectivity index (χ2n) is 5.58. The van der Waals surface area contributed by atoms with E-state index in [0.717, 1.165) is 31.8 Å². The highest BCUT2D eigenvalue weighted by molar-refractivity contribution is 4.97. The lowest BCUT2D eigenvalue weighted by molar-refractivity contribution is 0.287. The molecule has 1 rings (SSSR count). The van der Waals surface area contributed by atoms with E-state index in [0.29, 0.717) is 11.3 Å². The zero-order valence-corrected chi connectivity index (χ0v) is 10.6. The minimum atomic E-state index is 0.344. The highest BCUT2D eigenvalue weighted by atomic mass is 16.3. The van der Waals surface area contributed by atoms with Crippen molar-refractivity contribution in [3.63, 3.8) is 0 Å². The number of hydrogen-bond donors (Lipinski definition) is 2. The maximum Gasteiger partial charge on any atom is 0.117 e. The molecule has 0 aliphatic heterocycles. The largest absolute Gasteiger partial charge is 0.468 e. The Labute approximate surface area is 98.4 Å². The van der Waals surface area contributed by atoms with E-state index in [1.807, 2.05) is 12.1 Å². The molecule has 0 fully saturated rings. The van der Waals surface area contributed by atoms with E-state index in [-0.39, 0.29) is 0 Å². The van der Waals surface area contributed by atoms with Gasteiger partial charge in [-0.1, -0.05) is 20.8 Å². The van der Waals surface area contributed by atoms with Gasteiger partial charge in [-0.3, -0.25) is 0 Å². The third-order valence-electron chi connectivity index (χ3n) is 2.55. The molecule has 16 heavy (non-hydrogen) atoms. The van der Waals surface area contributed by atoms with E-state index in [4.69, 9.17) is 10.2 Å². The lowest BCUT2D eigenvalue weighted by Gasteiger charge is -2.25. The average Bonchev–Trinajstić information content (AvgIpc) is 2.67. The first-order valence-electron chi connectivity index (χ1n) is 5.94. The van der Waals surface area contributed by atoms with Crippen LogP contribution in [0.2, 0.25) is 0 Å². The molecule has 1 atom stereocenters. The summed E-state index contributed by atoms with van der Waals surface area (Å²) in [6.07, 6.45) is 2.85. The van der Waals surface area contributed by atoms with Crippen molar-refractivity contribution in [3.05, 3.63) is 24.2 Å². The molecule has 0 aromatic carbocycles. The van der Waals surface area contributed by atoms with Crippen LogP contribution >= 0.6 is 0 Å². The fourth-order valence-corrected chi connectivity index (χ4v) is 1.92. The Balaban J connectivity index is 2.24. The molecule has 0 aliphatic carbocycles. The fourth-order valence-electron chi connectivity index (χ4n) is 1.92. The van der Waals surface area contributed by atoms with Crippen molar-refractivity contribution in [2.24, 2.45) is 17.1 Å². The smallest absolute Gasteiger partial charge is 0.117 e. The van der Waals surface area contributed by atoms with Gasteiger partial charge in [0, 0.05) is 0 Å². The van der Waals surface area contributed by atoms with Crippen molar-refractivity contribution >= 4 is 0 Å². The quantitative estimate of drug-likeness (QED) is 0.780. The molecule has 92 valence electrons. The first-order valence-corrected chi connectivity index (χ1v) is 5.94. The summed E-state index contributed by atoms with van der Waals surface area (Å²) < 4.78 is 5.26. The van der Waals surface area contributed by atoms with Crippen LogP contribution in [-0.4, -0.2) is 13.1 Å². The molecule has 0 bridgehead atoms. The molecule has 1 aromatic heterocycles. The van der Waals surface area contributed by atoms with Crippen molar-refractivity contribution in [1.82, 2.24) is 5.32 Å². The van der Waals surface area contributed by atoms with E-state index in [2.05, 4.69) is 26.1 Å². The second-order valence-corrected chi connectivity index (χ2v) is 5.58. The molecule has 3 nitrogen and oxygen atoms in total. The predicted octanol–water partition coefficient (Wildman–Crippen LogP) is 2.38. The minimum absolute atomic E-state index is 0.344. The SMILES string of the molecule is CC(C)(C)CC(CN)CNCc1ccco1. The van der Waals surface area contributed by atoms with Crippen LogP contribution in [0.4, 0.5) is 0 Å². The molecule has 1 aromatic rings. The van der Waals surface area contributed by atoms with Gasteiger partial charge in [-0.2, -0.15) is 0 Å². The Bertz CT molecular complexity index is 275. The summed E-state index contributed by atoms with van der Waals surface area (Å²) in [6, 6.07) is 3.89. The van der Waals surface area contributed by atoms with Gasteiger partial charge in [0.2, 0.25) is 0 Å². The zero-order chi connectivity index (χ0) is 12.0. The summed E-state index contributed by atoms with van der Waals surface area (Å²) >= 11 is 0. The first kappa shape index (κ1) is 13.3. The summed E-state index contributed by atoms with van der Waals surface area (Å²) in [5.74, 6) is 1.52. The highest BCUT2D eigenvalue weighted by Crippen LogP contribution is 2.23. The third-order valence-corrected chi connectivity index (χ3v) is 2.55. The summed E-state index contributed by atoms with van der Waals surface area (Å²) in [6.45, 7) is 9.23. The fraction of sp³-hybridized carbons (Fsp3) is 0.692. The van der Waals surface area contributed by atoms with E-state index >= 15 is 0 Å². The molecule has 3 N–H and O–H groups in total. The monoisotopic (exact) mass is 224 g/mol. The van der Waals surface area contributed by atoms with E-state index in [1.54, 1.807) is 6.26 Å². The summed E-state index contributed by atoms with van der Waals surface area (Å²) in [5, 5.41) is 3.39. The molecule has 0 saturated carbocycles. The van der Waals surface area contributed by atoms with Crippen LogP contribution in [0.15, 0.2) is 22.8 Å². The zero-order valence-electron chi connectivity index (χ0n) is 10.6. The number of rotatable bonds is 6. The molecule has 0 radical (unpaired) electrons. The lowest BCUT2D eigenvalue weighted by atomic mass is 9.84.